The van der Waals surface area contributed by atoms with E-state index >= 15 is 0 Å². The highest BCUT2D eigenvalue weighted by molar-refractivity contribution is 6.32. The number of benzene rings is 1. The van der Waals surface area contributed by atoms with Crippen molar-refractivity contribution >= 4 is 11.6 Å². The molecular weight excluding hydrogens is 314 g/mol. The number of furan rings is 1. The third kappa shape index (κ3) is 3.65. The summed E-state index contributed by atoms with van der Waals surface area (Å²) in [5.41, 5.74) is 2.26. The van der Waals surface area contributed by atoms with Gasteiger partial charge in [-0.25, -0.2) is 0 Å². The molecule has 23 heavy (non-hydrogen) atoms. The summed E-state index contributed by atoms with van der Waals surface area (Å²) < 4.78 is 17.0. The monoisotopic (exact) mass is 335 g/mol. The van der Waals surface area contributed by atoms with Crippen LogP contribution in [0.2, 0.25) is 5.02 Å². The van der Waals surface area contributed by atoms with Crippen LogP contribution < -0.4 is 14.8 Å². The van der Waals surface area contributed by atoms with Crippen LogP contribution in [-0.2, 0) is 6.54 Å². The van der Waals surface area contributed by atoms with Crippen LogP contribution in [0.3, 0.4) is 0 Å². The molecule has 5 heteroatoms. The van der Waals surface area contributed by atoms with Gasteiger partial charge in [-0.3, -0.25) is 0 Å². The minimum absolute atomic E-state index is 0.196. The first-order valence-corrected chi connectivity index (χ1v) is 8.30. The number of hydrogen-bond donors (Lipinski definition) is 1. The first-order valence-electron chi connectivity index (χ1n) is 7.93. The van der Waals surface area contributed by atoms with Gasteiger partial charge in [0.2, 0.25) is 0 Å². The molecule has 0 radical (unpaired) electrons. The van der Waals surface area contributed by atoms with Gasteiger partial charge >= 0.3 is 0 Å². The van der Waals surface area contributed by atoms with Crippen LogP contribution in [0.5, 0.6) is 11.5 Å². The normalized spacial score (nSPS) is 15.3. The second-order valence-corrected chi connectivity index (χ2v) is 6.33. The Morgan fingerprint density at radius 1 is 1.17 bits per heavy atom. The van der Waals surface area contributed by atoms with E-state index in [9.17, 15) is 0 Å². The maximum absolute atomic E-state index is 6.33. The number of rotatable bonds is 4. The highest BCUT2D eigenvalue weighted by Crippen LogP contribution is 2.38. The second-order valence-electron chi connectivity index (χ2n) is 5.93. The second kappa shape index (κ2) is 6.85. The molecule has 0 amide bonds. The molecule has 1 aromatic heterocycles. The zero-order valence-electron chi connectivity index (χ0n) is 13.7. The minimum atomic E-state index is 0.196. The van der Waals surface area contributed by atoms with Crippen molar-refractivity contribution in [2.45, 2.75) is 39.8 Å². The number of halogens is 1. The highest BCUT2D eigenvalue weighted by atomic mass is 35.5. The quantitative estimate of drug-likeness (QED) is 0.889. The fourth-order valence-electron chi connectivity index (χ4n) is 2.85. The van der Waals surface area contributed by atoms with Gasteiger partial charge in [0.25, 0.3) is 0 Å². The van der Waals surface area contributed by atoms with E-state index < -0.39 is 0 Å². The van der Waals surface area contributed by atoms with Crippen LogP contribution in [0.15, 0.2) is 22.6 Å². The zero-order chi connectivity index (χ0) is 16.4. The Balaban J connectivity index is 1.72. The van der Waals surface area contributed by atoms with Gasteiger partial charge in [0, 0.05) is 24.6 Å². The van der Waals surface area contributed by atoms with Crippen molar-refractivity contribution in [1.82, 2.24) is 5.32 Å². The molecule has 1 aliphatic heterocycles. The van der Waals surface area contributed by atoms with Crippen LogP contribution in [-0.4, -0.2) is 13.2 Å². The van der Waals surface area contributed by atoms with E-state index in [-0.39, 0.29) is 6.04 Å². The molecule has 1 aliphatic rings. The molecule has 2 aromatic rings. The zero-order valence-corrected chi connectivity index (χ0v) is 14.5. The third-order valence-electron chi connectivity index (χ3n) is 4.02. The van der Waals surface area contributed by atoms with Crippen LogP contribution in [0, 0.1) is 13.8 Å². The molecule has 0 aliphatic carbocycles. The van der Waals surface area contributed by atoms with Crippen molar-refractivity contribution < 1.29 is 13.9 Å². The van der Waals surface area contributed by atoms with E-state index in [0.29, 0.717) is 30.5 Å². The van der Waals surface area contributed by atoms with E-state index in [1.165, 1.54) is 5.56 Å². The summed E-state index contributed by atoms with van der Waals surface area (Å²) >= 11 is 6.33. The lowest BCUT2D eigenvalue weighted by Gasteiger charge is -2.15. The van der Waals surface area contributed by atoms with Crippen LogP contribution >= 0.6 is 11.6 Å². The molecule has 4 nitrogen and oxygen atoms in total. The predicted molar refractivity (Wildman–Crippen MR) is 90.5 cm³/mol. The van der Waals surface area contributed by atoms with Crippen molar-refractivity contribution in [3.63, 3.8) is 0 Å². The average Bonchev–Trinajstić information content (AvgIpc) is 2.72. The average molecular weight is 336 g/mol. The van der Waals surface area contributed by atoms with Crippen molar-refractivity contribution in [1.29, 1.82) is 0 Å². The molecule has 0 saturated carbocycles. The molecule has 3 rings (SSSR count). The Kier molecular flexibility index (Phi) is 4.83. The number of aryl methyl sites for hydroxylation is 2. The van der Waals surface area contributed by atoms with Crippen LogP contribution in [0.1, 0.15) is 42.0 Å². The maximum atomic E-state index is 6.33. The smallest absolute Gasteiger partial charge is 0.179 e. The minimum Gasteiger partial charge on any atom is -0.489 e. The van der Waals surface area contributed by atoms with Gasteiger partial charge < -0.3 is 19.2 Å². The van der Waals surface area contributed by atoms with Crippen molar-refractivity contribution in [2.24, 2.45) is 0 Å². The van der Waals surface area contributed by atoms with Gasteiger partial charge in [0.15, 0.2) is 11.5 Å². The van der Waals surface area contributed by atoms with Gasteiger partial charge in [-0.05, 0) is 44.5 Å². The number of nitrogens with one attached hydrogen (secondary N) is 1. The molecular formula is C18H22ClNO3. The van der Waals surface area contributed by atoms with Gasteiger partial charge in [0.1, 0.15) is 11.5 Å². The third-order valence-corrected chi connectivity index (χ3v) is 4.30. The lowest BCUT2D eigenvalue weighted by atomic mass is 10.1. The Morgan fingerprint density at radius 2 is 1.96 bits per heavy atom. The topological polar surface area (TPSA) is 43.6 Å². The fourth-order valence-corrected chi connectivity index (χ4v) is 3.14. The Bertz CT molecular complexity index is 696. The summed E-state index contributed by atoms with van der Waals surface area (Å²) in [4.78, 5) is 0. The molecule has 1 aromatic carbocycles. The lowest BCUT2D eigenvalue weighted by molar-refractivity contribution is 0.297. The van der Waals surface area contributed by atoms with Gasteiger partial charge in [-0.1, -0.05) is 11.6 Å². The van der Waals surface area contributed by atoms with E-state index in [0.717, 1.165) is 29.3 Å². The standard InChI is InChI=1S/C18H22ClNO3/c1-11-7-15(13(3)23-11)12(2)20-10-14-8-16(19)18-17(9-14)21-5-4-6-22-18/h7-9,12,20H,4-6,10H2,1-3H3. The number of hydrogen-bond acceptors (Lipinski definition) is 4. The molecule has 0 saturated heterocycles. The summed E-state index contributed by atoms with van der Waals surface area (Å²) in [6, 6.07) is 6.21. The molecule has 2 heterocycles. The van der Waals surface area contributed by atoms with E-state index in [4.69, 9.17) is 25.5 Å². The largest absolute Gasteiger partial charge is 0.489 e. The number of fused-ring (bicyclic) bond motifs is 1. The Morgan fingerprint density at radius 3 is 2.70 bits per heavy atom. The fraction of sp³-hybridized carbons (Fsp3) is 0.444. The molecule has 0 fully saturated rings. The van der Waals surface area contributed by atoms with Crippen LogP contribution in [0.4, 0.5) is 0 Å². The van der Waals surface area contributed by atoms with Crippen molar-refractivity contribution in [3.8, 4) is 11.5 Å². The SMILES string of the molecule is Cc1cc(C(C)NCc2cc(Cl)c3c(c2)OCCCO3)c(C)o1. The van der Waals surface area contributed by atoms with Gasteiger partial charge in [-0.15, -0.1) is 0 Å². The van der Waals surface area contributed by atoms with E-state index in [2.05, 4.69) is 18.3 Å². The molecule has 0 bridgehead atoms. The molecule has 1 unspecified atom stereocenters. The first-order chi connectivity index (χ1) is 11.0. The molecule has 124 valence electrons. The summed E-state index contributed by atoms with van der Waals surface area (Å²) in [7, 11) is 0. The van der Waals surface area contributed by atoms with E-state index in [1.54, 1.807) is 0 Å². The summed E-state index contributed by atoms with van der Waals surface area (Å²) in [6.07, 6.45) is 0.870. The highest BCUT2D eigenvalue weighted by Gasteiger charge is 2.17. The molecule has 1 N–H and O–H groups in total. The summed E-state index contributed by atoms with van der Waals surface area (Å²) in [6.45, 7) is 8.07. The summed E-state index contributed by atoms with van der Waals surface area (Å²) in [5, 5.41) is 4.11. The van der Waals surface area contributed by atoms with E-state index in [1.807, 2.05) is 26.0 Å². The Labute approximate surface area is 141 Å². The summed E-state index contributed by atoms with van der Waals surface area (Å²) in [5.74, 6) is 3.28. The predicted octanol–water partition coefficient (Wildman–Crippen LogP) is 4.56. The molecule has 0 spiro atoms. The lowest BCUT2D eigenvalue weighted by Crippen LogP contribution is -2.18. The number of ether oxygens (including phenoxy) is 2. The van der Waals surface area contributed by atoms with Crippen LogP contribution in [0.25, 0.3) is 0 Å². The Hall–Kier alpha value is -1.65. The van der Waals surface area contributed by atoms with Gasteiger partial charge in [0.05, 0.1) is 18.2 Å². The van der Waals surface area contributed by atoms with Gasteiger partial charge in [-0.2, -0.15) is 0 Å². The van der Waals surface area contributed by atoms with Crippen molar-refractivity contribution in [2.75, 3.05) is 13.2 Å². The molecule has 1 atom stereocenters. The van der Waals surface area contributed by atoms with Crippen molar-refractivity contribution in [3.05, 3.63) is 45.9 Å². The maximum Gasteiger partial charge on any atom is 0.179 e. The first kappa shape index (κ1) is 16.2.